The number of aromatic nitrogens is 2. The second-order valence-electron chi connectivity index (χ2n) is 8.87. The number of rotatable bonds is 4. The third-order valence-corrected chi connectivity index (χ3v) is 6.87. The number of aryl methyl sites for hydroxylation is 1. The minimum atomic E-state index is -0.909. The van der Waals surface area contributed by atoms with Gasteiger partial charge >= 0.3 is 0 Å². The number of piperidine rings is 1. The highest BCUT2D eigenvalue weighted by Gasteiger charge is 2.42. The van der Waals surface area contributed by atoms with Gasteiger partial charge in [-0.2, -0.15) is 0 Å². The van der Waals surface area contributed by atoms with Gasteiger partial charge in [0.1, 0.15) is 23.8 Å². The maximum absolute atomic E-state index is 14.1. The summed E-state index contributed by atoms with van der Waals surface area (Å²) in [6.07, 6.45) is 1.83. The van der Waals surface area contributed by atoms with Crippen molar-refractivity contribution in [2.45, 2.75) is 50.5 Å². The number of ether oxygens (including phenoxy) is 1. The monoisotopic (exact) mass is 475 g/mol. The molecule has 2 aromatic rings. The van der Waals surface area contributed by atoms with Crippen LogP contribution in [0.5, 0.6) is 5.75 Å². The van der Waals surface area contributed by atoms with Crippen LogP contribution >= 0.6 is 11.6 Å². The zero-order valence-electron chi connectivity index (χ0n) is 18.0. The molecule has 1 aromatic heterocycles. The molecule has 10 heteroatoms. The van der Waals surface area contributed by atoms with E-state index in [0.717, 1.165) is 0 Å². The first-order chi connectivity index (χ1) is 15.8. The standard InChI is InChI=1S/C23H24ClF2N5O2/c1-11-17(24)8-28-22(29-11)16-9-31(10-19(16)27)23(32)15-3-2-12(25)4-21(15)33-14-5-13-6-18(26)20(7-14)30-13/h2-4,8,13-14,18,20,30H,5-7,9-10,27H2,1H3. The number of amides is 1. The molecular formula is C23H24ClF2N5O2. The van der Waals surface area contributed by atoms with Gasteiger partial charge in [-0.1, -0.05) is 11.6 Å². The first kappa shape index (κ1) is 22.0. The molecule has 2 fully saturated rings. The van der Waals surface area contributed by atoms with Crippen LogP contribution < -0.4 is 15.8 Å². The zero-order valence-corrected chi connectivity index (χ0v) is 18.8. The van der Waals surface area contributed by atoms with Crippen LogP contribution in [0.1, 0.15) is 41.1 Å². The molecule has 2 saturated heterocycles. The Labute approximate surface area is 195 Å². The lowest BCUT2D eigenvalue weighted by Crippen LogP contribution is -2.44. The van der Waals surface area contributed by atoms with Crippen LogP contribution in [-0.2, 0) is 0 Å². The predicted molar refractivity (Wildman–Crippen MR) is 119 cm³/mol. The normalized spacial score (nSPS) is 26.7. The van der Waals surface area contributed by atoms with E-state index < -0.39 is 12.0 Å². The molecule has 0 aliphatic carbocycles. The van der Waals surface area contributed by atoms with Gasteiger partial charge in [-0.05, 0) is 31.9 Å². The van der Waals surface area contributed by atoms with Crippen molar-refractivity contribution in [3.05, 3.63) is 58.0 Å². The van der Waals surface area contributed by atoms with Crippen LogP contribution in [0.2, 0.25) is 5.02 Å². The number of fused-ring (bicyclic) bond motifs is 2. The Morgan fingerprint density at radius 2 is 2.12 bits per heavy atom. The Morgan fingerprint density at radius 1 is 1.30 bits per heavy atom. The topological polar surface area (TPSA) is 93.4 Å². The van der Waals surface area contributed by atoms with Crippen molar-refractivity contribution in [3.63, 3.8) is 0 Å². The first-order valence-corrected chi connectivity index (χ1v) is 11.3. The molecule has 7 nitrogen and oxygen atoms in total. The fraction of sp³-hybridized carbons (Fsp3) is 0.435. The minimum absolute atomic E-state index is 0.0319. The highest BCUT2D eigenvalue weighted by molar-refractivity contribution is 6.31. The summed E-state index contributed by atoms with van der Waals surface area (Å²) in [7, 11) is 0. The van der Waals surface area contributed by atoms with E-state index in [9.17, 15) is 13.6 Å². The number of carbonyl (C=O) groups excluding carboxylic acids is 1. The number of hydrogen-bond donors (Lipinski definition) is 2. The van der Waals surface area contributed by atoms with Gasteiger partial charge in [-0.25, -0.2) is 18.7 Å². The highest BCUT2D eigenvalue weighted by Crippen LogP contribution is 2.34. The van der Waals surface area contributed by atoms with Crippen LogP contribution in [-0.4, -0.2) is 58.2 Å². The van der Waals surface area contributed by atoms with Crippen molar-refractivity contribution >= 4 is 23.1 Å². The molecule has 1 aromatic carbocycles. The van der Waals surface area contributed by atoms with E-state index >= 15 is 0 Å². The third kappa shape index (κ3) is 4.27. The lowest BCUT2D eigenvalue weighted by Gasteiger charge is -2.30. The van der Waals surface area contributed by atoms with E-state index in [4.69, 9.17) is 22.1 Å². The van der Waals surface area contributed by atoms with Crippen LogP contribution in [0.15, 0.2) is 30.1 Å². The number of alkyl halides is 1. The van der Waals surface area contributed by atoms with E-state index in [1.54, 1.807) is 11.8 Å². The van der Waals surface area contributed by atoms with Gasteiger partial charge in [0, 0.05) is 42.0 Å². The summed E-state index contributed by atoms with van der Waals surface area (Å²) in [6.45, 7) is 2.17. The van der Waals surface area contributed by atoms with E-state index in [0.29, 0.717) is 47.1 Å². The smallest absolute Gasteiger partial charge is 0.258 e. The van der Waals surface area contributed by atoms with Crippen LogP contribution in [0.4, 0.5) is 8.78 Å². The van der Waals surface area contributed by atoms with Crippen LogP contribution in [0, 0.1) is 12.7 Å². The summed E-state index contributed by atoms with van der Waals surface area (Å²) in [5.41, 5.74) is 8.20. The van der Waals surface area contributed by atoms with Gasteiger partial charge in [-0.3, -0.25) is 4.79 Å². The molecule has 3 N–H and O–H groups in total. The van der Waals surface area contributed by atoms with Gasteiger partial charge in [0.05, 0.1) is 29.4 Å². The average Bonchev–Trinajstić information content (AvgIpc) is 3.28. The Morgan fingerprint density at radius 3 is 2.88 bits per heavy atom. The Kier molecular flexibility index (Phi) is 5.70. The number of carbonyl (C=O) groups is 1. The lowest BCUT2D eigenvalue weighted by molar-refractivity contribution is 0.0784. The molecule has 0 saturated carbocycles. The lowest BCUT2D eigenvalue weighted by atomic mass is 10.0. The predicted octanol–water partition coefficient (Wildman–Crippen LogP) is 3.01. The van der Waals surface area contributed by atoms with Crippen molar-refractivity contribution in [3.8, 4) is 5.75 Å². The Bertz CT molecular complexity index is 1140. The second kappa shape index (κ2) is 8.53. The third-order valence-electron chi connectivity index (χ3n) is 6.50. The molecule has 4 atom stereocenters. The molecule has 0 spiro atoms. The zero-order chi connectivity index (χ0) is 23.3. The fourth-order valence-corrected chi connectivity index (χ4v) is 4.90. The molecule has 3 aliphatic heterocycles. The van der Waals surface area contributed by atoms with Crippen molar-refractivity contribution in [1.82, 2.24) is 20.2 Å². The molecule has 174 valence electrons. The molecule has 2 bridgehead atoms. The van der Waals surface area contributed by atoms with Gasteiger partial charge < -0.3 is 20.7 Å². The number of hydrogen-bond acceptors (Lipinski definition) is 6. The van der Waals surface area contributed by atoms with Crippen molar-refractivity contribution in [2.24, 2.45) is 5.73 Å². The van der Waals surface area contributed by atoms with Crippen LogP contribution in [0.25, 0.3) is 5.57 Å². The van der Waals surface area contributed by atoms with Crippen molar-refractivity contribution < 1.29 is 18.3 Å². The summed E-state index contributed by atoms with van der Waals surface area (Å²) >= 11 is 6.02. The number of nitrogens with two attached hydrogens (primary N) is 1. The number of nitrogens with one attached hydrogen (secondary N) is 1. The summed E-state index contributed by atoms with van der Waals surface area (Å²) < 4.78 is 34.2. The molecule has 1 amide bonds. The van der Waals surface area contributed by atoms with Crippen molar-refractivity contribution in [2.75, 3.05) is 13.1 Å². The Hall–Kier alpha value is -2.78. The average molecular weight is 476 g/mol. The second-order valence-corrected chi connectivity index (χ2v) is 9.27. The molecular weight excluding hydrogens is 452 g/mol. The van der Waals surface area contributed by atoms with Gasteiger partial charge in [-0.15, -0.1) is 0 Å². The van der Waals surface area contributed by atoms with E-state index in [1.165, 1.54) is 24.4 Å². The molecule has 4 heterocycles. The largest absolute Gasteiger partial charge is 0.489 e. The molecule has 4 unspecified atom stereocenters. The van der Waals surface area contributed by atoms with E-state index in [2.05, 4.69) is 15.3 Å². The maximum Gasteiger partial charge on any atom is 0.258 e. The molecule has 0 radical (unpaired) electrons. The summed E-state index contributed by atoms with van der Waals surface area (Å²) in [5, 5.41) is 3.68. The van der Waals surface area contributed by atoms with E-state index in [-0.39, 0.29) is 48.5 Å². The van der Waals surface area contributed by atoms with Crippen LogP contribution in [0.3, 0.4) is 0 Å². The first-order valence-electron chi connectivity index (χ1n) is 10.9. The number of halogens is 3. The summed E-state index contributed by atoms with van der Waals surface area (Å²) in [6, 6.07) is 3.61. The van der Waals surface area contributed by atoms with E-state index in [1.807, 2.05) is 0 Å². The highest BCUT2D eigenvalue weighted by atomic mass is 35.5. The minimum Gasteiger partial charge on any atom is -0.489 e. The van der Waals surface area contributed by atoms with Gasteiger partial charge in [0.25, 0.3) is 5.91 Å². The molecule has 33 heavy (non-hydrogen) atoms. The maximum atomic E-state index is 14.1. The number of nitrogens with zero attached hydrogens (tertiary/aromatic N) is 3. The van der Waals surface area contributed by atoms with Crippen molar-refractivity contribution in [1.29, 1.82) is 0 Å². The SMILES string of the molecule is Cc1nc(C2=C(N)CN(C(=O)c3ccc(F)cc3OC3CC4CC(F)C(C3)N4)C2)ncc1Cl. The van der Waals surface area contributed by atoms with Gasteiger partial charge in [0.15, 0.2) is 5.82 Å². The van der Waals surface area contributed by atoms with Gasteiger partial charge in [0.2, 0.25) is 0 Å². The quantitative estimate of drug-likeness (QED) is 0.706. The Balaban J connectivity index is 1.35. The molecule has 3 aliphatic rings. The molecule has 5 rings (SSSR count). The summed E-state index contributed by atoms with van der Waals surface area (Å²) in [4.78, 5) is 23.5. The summed E-state index contributed by atoms with van der Waals surface area (Å²) in [5.74, 6) is -0.265. The number of benzene rings is 1. The fourth-order valence-electron chi connectivity index (χ4n) is 4.81.